The fraction of sp³-hybridized carbons (Fsp3) is 0.500. The Balaban J connectivity index is 1.79. The predicted octanol–water partition coefficient (Wildman–Crippen LogP) is 0.776. The molecule has 0 radical (unpaired) electrons. The van der Waals surface area contributed by atoms with E-state index in [0.717, 1.165) is 6.54 Å². The van der Waals surface area contributed by atoms with Crippen LogP contribution in [-0.4, -0.2) is 42.6 Å². The lowest BCUT2D eigenvalue weighted by Gasteiger charge is -2.39. The number of carbonyl (C=O) groups is 1. The Morgan fingerprint density at radius 3 is 2.83 bits per heavy atom. The largest absolute Gasteiger partial charge is 0.378 e. The van der Waals surface area contributed by atoms with Crippen LogP contribution in [0, 0.1) is 0 Å². The third kappa shape index (κ3) is 2.40. The van der Waals surface area contributed by atoms with Crippen LogP contribution in [0.25, 0.3) is 0 Å². The van der Waals surface area contributed by atoms with E-state index >= 15 is 0 Å². The highest BCUT2D eigenvalue weighted by Gasteiger charge is 2.35. The van der Waals surface area contributed by atoms with Gasteiger partial charge in [-0.05, 0) is 5.56 Å². The van der Waals surface area contributed by atoms with Crippen molar-refractivity contribution in [3.05, 3.63) is 35.9 Å². The second kappa shape index (κ2) is 5.08. The van der Waals surface area contributed by atoms with E-state index in [9.17, 15) is 4.79 Å². The van der Waals surface area contributed by atoms with E-state index in [4.69, 9.17) is 4.74 Å². The first-order valence-corrected chi connectivity index (χ1v) is 6.47. The van der Waals surface area contributed by atoms with Gasteiger partial charge in [0.15, 0.2) is 0 Å². The number of nitrogens with one attached hydrogen (secondary N) is 1. The molecular weight excluding hydrogens is 228 g/mol. The van der Waals surface area contributed by atoms with Crippen LogP contribution in [0.15, 0.2) is 30.3 Å². The summed E-state index contributed by atoms with van der Waals surface area (Å²) in [5, 5.41) is 2.97. The van der Waals surface area contributed by atoms with Gasteiger partial charge in [0.05, 0.1) is 19.3 Å². The second-order valence-corrected chi connectivity index (χ2v) is 5.01. The fourth-order valence-corrected chi connectivity index (χ4v) is 2.75. The Morgan fingerprint density at radius 2 is 2.00 bits per heavy atom. The lowest BCUT2D eigenvalue weighted by Crippen LogP contribution is -2.52. The number of fused-ring (bicyclic) bond motifs is 2. The average molecular weight is 246 g/mol. The number of rotatable bonds is 2. The van der Waals surface area contributed by atoms with Gasteiger partial charge >= 0.3 is 0 Å². The van der Waals surface area contributed by atoms with Crippen molar-refractivity contribution >= 4 is 5.91 Å². The quantitative estimate of drug-likeness (QED) is 0.838. The maximum Gasteiger partial charge on any atom is 0.221 e. The number of hydrogen-bond donors (Lipinski definition) is 1. The standard InChI is InChI=1S/C14H18N2O2/c17-14-6-12-9-18-10-13(7-15-14)16(12)8-11-4-2-1-3-5-11/h1-5,12-13H,6-10H2,(H,15,17). The van der Waals surface area contributed by atoms with Gasteiger partial charge in [0.2, 0.25) is 5.91 Å². The van der Waals surface area contributed by atoms with Gasteiger partial charge in [0.1, 0.15) is 0 Å². The zero-order valence-corrected chi connectivity index (χ0v) is 10.3. The van der Waals surface area contributed by atoms with E-state index in [1.807, 2.05) is 6.07 Å². The van der Waals surface area contributed by atoms with E-state index in [2.05, 4.69) is 34.5 Å². The maximum absolute atomic E-state index is 11.6. The van der Waals surface area contributed by atoms with Gasteiger partial charge in [-0.1, -0.05) is 30.3 Å². The molecule has 96 valence electrons. The van der Waals surface area contributed by atoms with Crippen LogP contribution >= 0.6 is 0 Å². The Kier molecular flexibility index (Phi) is 3.30. The highest BCUT2D eigenvalue weighted by molar-refractivity contribution is 5.77. The van der Waals surface area contributed by atoms with Crippen molar-refractivity contribution in [1.29, 1.82) is 0 Å². The molecular formula is C14H18N2O2. The summed E-state index contributed by atoms with van der Waals surface area (Å²) < 4.78 is 5.60. The zero-order valence-electron chi connectivity index (χ0n) is 10.3. The molecule has 0 spiro atoms. The number of benzene rings is 1. The smallest absolute Gasteiger partial charge is 0.221 e. The van der Waals surface area contributed by atoms with Crippen molar-refractivity contribution in [2.45, 2.75) is 25.0 Å². The molecule has 2 unspecified atom stereocenters. The first kappa shape index (κ1) is 11.7. The first-order chi connectivity index (χ1) is 8.83. The third-order valence-electron chi connectivity index (χ3n) is 3.72. The Bertz CT molecular complexity index is 421. The van der Waals surface area contributed by atoms with E-state index in [1.165, 1.54) is 5.56 Å². The SMILES string of the molecule is O=C1CC2COCC(CN1)N2Cc1ccccc1. The summed E-state index contributed by atoms with van der Waals surface area (Å²) in [6.45, 7) is 2.97. The Hall–Kier alpha value is -1.39. The molecule has 3 rings (SSSR count). The Labute approximate surface area is 107 Å². The summed E-state index contributed by atoms with van der Waals surface area (Å²) in [5.41, 5.74) is 1.30. The van der Waals surface area contributed by atoms with Gasteiger partial charge in [0, 0.05) is 25.6 Å². The van der Waals surface area contributed by atoms with Gasteiger partial charge in [-0.3, -0.25) is 9.69 Å². The molecule has 18 heavy (non-hydrogen) atoms. The van der Waals surface area contributed by atoms with Crippen molar-refractivity contribution in [3.8, 4) is 0 Å². The lowest BCUT2D eigenvalue weighted by molar-refractivity contribution is -0.122. The summed E-state index contributed by atoms with van der Waals surface area (Å²) in [4.78, 5) is 14.0. The summed E-state index contributed by atoms with van der Waals surface area (Å²) in [6.07, 6.45) is 0.545. The van der Waals surface area contributed by atoms with Crippen molar-refractivity contribution < 1.29 is 9.53 Å². The van der Waals surface area contributed by atoms with Crippen LogP contribution in [0.5, 0.6) is 0 Å². The van der Waals surface area contributed by atoms with E-state index in [1.54, 1.807) is 0 Å². The van der Waals surface area contributed by atoms with Gasteiger partial charge in [-0.15, -0.1) is 0 Å². The van der Waals surface area contributed by atoms with E-state index in [-0.39, 0.29) is 11.9 Å². The van der Waals surface area contributed by atoms with Crippen molar-refractivity contribution in [2.24, 2.45) is 0 Å². The Morgan fingerprint density at radius 1 is 1.22 bits per heavy atom. The molecule has 2 fully saturated rings. The minimum absolute atomic E-state index is 0.145. The fourth-order valence-electron chi connectivity index (χ4n) is 2.75. The minimum Gasteiger partial charge on any atom is -0.378 e. The molecule has 4 heteroatoms. The molecule has 2 atom stereocenters. The molecule has 1 N–H and O–H groups in total. The van der Waals surface area contributed by atoms with Crippen LogP contribution in [-0.2, 0) is 16.1 Å². The molecule has 0 aliphatic carbocycles. The van der Waals surface area contributed by atoms with Crippen molar-refractivity contribution in [1.82, 2.24) is 10.2 Å². The molecule has 4 nitrogen and oxygen atoms in total. The topological polar surface area (TPSA) is 41.6 Å². The third-order valence-corrected chi connectivity index (χ3v) is 3.72. The summed E-state index contributed by atoms with van der Waals surface area (Å²) in [5.74, 6) is 0.145. The van der Waals surface area contributed by atoms with Crippen LogP contribution in [0.3, 0.4) is 0 Å². The van der Waals surface area contributed by atoms with Crippen LogP contribution in [0.1, 0.15) is 12.0 Å². The molecule has 2 bridgehead atoms. The van der Waals surface area contributed by atoms with Crippen molar-refractivity contribution in [2.75, 3.05) is 19.8 Å². The van der Waals surface area contributed by atoms with Crippen LogP contribution in [0.2, 0.25) is 0 Å². The molecule has 1 amide bonds. The normalized spacial score (nSPS) is 28.6. The highest BCUT2D eigenvalue weighted by Crippen LogP contribution is 2.21. The molecule has 2 saturated heterocycles. The van der Waals surface area contributed by atoms with Gasteiger partial charge < -0.3 is 10.1 Å². The highest BCUT2D eigenvalue weighted by atomic mass is 16.5. The van der Waals surface area contributed by atoms with Crippen LogP contribution in [0.4, 0.5) is 0 Å². The molecule has 1 aromatic carbocycles. The van der Waals surface area contributed by atoms with Crippen molar-refractivity contribution in [3.63, 3.8) is 0 Å². The second-order valence-electron chi connectivity index (χ2n) is 5.01. The summed E-state index contributed by atoms with van der Waals surface area (Å²) in [7, 11) is 0. The number of nitrogens with zero attached hydrogens (tertiary/aromatic N) is 1. The van der Waals surface area contributed by atoms with Gasteiger partial charge in [-0.2, -0.15) is 0 Å². The number of hydrogen-bond acceptors (Lipinski definition) is 3. The predicted molar refractivity (Wildman–Crippen MR) is 68.0 cm³/mol. The molecule has 1 aromatic rings. The number of carbonyl (C=O) groups excluding carboxylic acids is 1. The summed E-state index contributed by atoms with van der Waals surface area (Å²) in [6, 6.07) is 10.9. The monoisotopic (exact) mass is 246 g/mol. The number of morpholine rings is 1. The van der Waals surface area contributed by atoms with E-state index in [0.29, 0.717) is 32.2 Å². The molecule has 2 heterocycles. The first-order valence-electron chi connectivity index (χ1n) is 6.47. The van der Waals surface area contributed by atoms with Gasteiger partial charge in [-0.25, -0.2) is 0 Å². The molecule has 0 aromatic heterocycles. The number of ether oxygens (including phenoxy) is 1. The average Bonchev–Trinajstić information content (AvgIpc) is 2.48. The van der Waals surface area contributed by atoms with Gasteiger partial charge in [0.25, 0.3) is 0 Å². The molecule has 2 aliphatic heterocycles. The zero-order chi connectivity index (χ0) is 12.4. The minimum atomic E-state index is 0.145. The van der Waals surface area contributed by atoms with E-state index < -0.39 is 0 Å². The summed E-state index contributed by atoms with van der Waals surface area (Å²) >= 11 is 0. The lowest BCUT2D eigenvalue weighted by atomic mass is 10.1. The maximum atomic E-state index is 11.6. The number of amides is 1. The van der Waals surface area contributed by atoms with Crippen LogP contribution < -0.4 is 5.32 Å². The molecule has 0 saturated carbocycles. The molecule has 2 aliphatic rings.